The van der Waals surface area contributed by atoms with Crippen molar-refractivity contribution in [3.8, 4) is 6.07 Å². The van der Waals surface area contributed by atoms with Crippen molar-refractivity contribution >= 4 is 0 Å². The Kier molecular flexibility index (Phi) is 5.87. The predicted molar refractivity (Wildman–Crippen MR) is 47.2 cm³/mol. The minimum atomic E-state index is 0.550. The van der Waals surface area contributed by atoms with Gasteiger partial charge in [-0.05, 0) is 19.4 Å². The Labute approximate surface area is 69.8 Å². The van der Waals surface area contributed by atoms with Crippen LogP contribution >= 0.6 is 0 Å². The summed E-state index contributed by atoms with van der Waals surface area (Å²) in [5.41, 5.74) is 0. The van der Waals surface area contributed by atoms with Crippen LogP contribution in [0.15, 0.2) is 0 Å². The van der Waals surface area contributed by atoms with Gasteiger partial charge in [0.25, 0.3) is 0 Å². The van der Waals surface area contributed by atoms with Gasteiger partial charge in [-0.25, -0.2) is 0 Å². The summed E-state index contributed by atoms with van der Waals surface area (Å²) >= 11 is 0. The van der Waals surface area contributed by atoms with Crippen molar-refractivity contribution in [2.24, 2.45) is 5.92 Å². The Hall–Kier alpha value is -0.550. The molecule has 1 unspecified atom stereocenters. The molecule has 0 spiro atoms. The molecule has 0 radical (unpaired) electrons. The molecule has 2 heteroatoms. The van der Waals surface area contributed by atoms with E-state index >= 15 is 0 Å². The molecule has 0 heterocycles. The van der Waals surface area contributed by atoms with Crippen molar-refractivity contribution in [3.05, 3.63) is 0 Å². The van der Waals surface area contributed by atoms with E-state index in [0.717, 1.165) is 12.5 Å². The van der Waals surface area contributed by atoms with Crippen LogP contribution in [-0.4, -0.2) is 25.0 Å². The standard InChI is InChI=1S/C9H18N2/c1-4-5-9(2)8-11(3)7-6-10/h9H,4-5,7-8H2,1-3H3. The van der Waals surface area contributed by atoms with Gasteiger partial charge >= 0.3 is 0 Å². The molecule has 0 aliphatic carbocycles. The third-order valence-electron chi connectivity index (χ3n) is 1.75. The van der Waals surface area contributed by atoms with Gasteiger partial charge in [-0.15, -0.1) is 0 Å². The first-order valence-electron chi connectivity index (χ1n) is 4.26. The summed E-state index contributed by atoms with van der Waals surface area (Å²) in [5.74, 6) is 0.721. The van der Waals surface area contributed by atoms with Gasteiger partial charge < -0.3 is 0 Å². The molecule has 0 saturated carbocycles. The maximum absolute atomic E-state index is 8.39. The Morgan fingerprint density at radius 2 is 2.18 bits per heavy atom. The smallest absolute Gasteiger partial charge is 0.0863 e. The minimum absolute atomic E-state index is 0.550. The maximum atomic E-state index is 8.39. The topological polar surface area (TPSA) is 27.0 Å². The highest BCUT2D eigenvalue weighted by molar-refractivity contribution is 4.74. The average Bonchev–Trinajstić information content (AvgIpc) is 1.87. The van der Waals surface area contributed by atoms with E-state index in [4.69, 9.17) is 5.26 Å². The third kappa shape index (κ3) is 5.87. The Morgan fingerprint density at radius 3 is 2.64 bits per heavy atom. The minimum Gasteiger partial charge on any atom is -0.293 e. The van der Waals surface area contributed by atoms with Crippen molar-refractivity contribution in [1.29, 1.82) is 5.26 Å². The van der Waals surface area contributed by atoms with Crippen molar-refractivity contribution in [2.75, 3.05) is 20.1 Å². The normalized spacial score (nSPS) is 13.0. The number of rotatable bonds is 5. The van der Waals surface area contributed by atoms with Gasteiger partial charge in [-0.2, -0.15) is 5.26 Å². The maximum Gasteiger partial charge on any atom is 0.0863 e. The van der Waals surface area contributed by atoms with Crippen LogP contribution < -0.4 is 0 Å². The average molecular weight is 154 g/mol. The number of hydrogen-bond donors (Lipinski definition) is 0. The van der Waals surface area contributed by atoms with Crippen molar-refractivity contribution < 1.29 is 0 Å². The molecule has 64 valence electrons. The molecule has 0 saturated heterocycles. The first kappa shape index (κ1) is 10.4. The molecule has 0 aliphatic rings. The summed E-state index contributed by atoms with van der Waals surface area (Å²) in [5, 5.41) is 8.39. The van der Waals surface area contributed by atoms with Gasteiger partial charge in [0.1, 0.15) is 0 Å². The Bertz CT molecular complexity index is 126. The fraction of sp³-hybridized carbons (Fsp3) is 0.889. The quantitative estimate of drug-likeness (QED) is 0.565. The van der Waals surface area contributed by atoms with Gasteiger partial charge in [0.15, 0.2) is 0 Å². The fourth-order valence-electron chi connectivity index (χ4n) is 1.30. The lowest BCUT2D eigenvalue weighted by molar-refractivity contribution is 0.304. The molecule has 0 bridgehead atoms. The van der Waals surface area contributed by atoms with E-state index in [9.17, 15) is 0 Å². The van der Waals surface area contributed by atoms with E-state index in [1.54, 1.807) is 0 Å². The van der Waals surface area contributed by atoms with Gasteiger partial charge in [-0.1, -0.05) is 20.3 Å². The summed E-state index contributed by atoms with van der Waals surface area (Å²) < 4.78 is 0. The summed E-state index contributed by atoms with van der Waals surface area (Å²) in [6.45, 7) is 6.02. The zero-order chi connectivity index (χ0) is 8.69. The molecule has 2 nitrogen and oxygen atoms in total. The SMILES string of the molecule is CCCC(C)CN(C)CC#N. The van der Waals surface area contributed by atoms with Gasteiger partial charge in [0.05, 0.1) is 12.6 Å². The lowest BCUT2D eigenvalue weighted by Crippen LogP contribution is -2.24. The number of nitrogens with zero attached hydrogens (tertiary/aromatic N) is 2. The highest BCUT2D eigenvalue weighted by Crippen LogP contribution is 2.05. The van der Waals surface area contributed by atoms with E-state index in [1.165, 1.54) is 12.8 Å². The van der Waals surface area contributed by atoms with Crippen molar-refractivity contribution in [2.45, 2.75) is 26.7 Å². The van der Waals surface area contributed by atoms with Crippen LogP contribution in [0.3, 0.4) is 0 Å². The molecule has 0 amide bonds. The summed E-state index contributed by atoms with van der Waals surface area (Å²) in [4.78, 5) is 2.07. The van der Waals surface area contributed by atoms with Crippen LogP contribution in [0.5, 0.6) is 0 Å². The molecule has 0 aliphatic heterocycles. The highest BCUT2D eigenvalue weighted by atomic mass is 15.1. The fourth-order valence-corrected chi connectivity index (χ4v) is 1.30. The van der Waals surface area contributed by atoms with Gasteiger partial charge in [0.2, 0.25) is 0 Å². The summed E-state index contributed by atoms with van der Waals surface area (Å²) in [6.07, 6.45) is 2.50. The molecule has 0 N–H and O–H groups in total. The molecular formula is C9H18N2. The molecule has 0 rings (SSSR count). The zero-order valence-corrected chi connectivity index (χ0v) is 7.80. The van der Waals surface area contributed by atoms with Crippen molar-refractivity contribution in [1.82, 2.24) is 4.90 Å². The molecule has 0 aromatic heterocycles. The van der Waals surface area contributed by atoms with E-state index in [1.807, 2.05) is 7.05 Å². The van der Waals surface area contributed by atoms with Gasteiger partial charge in [0, 0.05) is 6.54 Å². The van der Waals surface area contributed by atoms with Crippen LogP contribution in [-0.2, 0) is 0 Å². The summed E-state index contributed by atoms with van der Waals surface area (Å²) in [6, 6.07) is 2.14. The largest absolute Gasteiger partial charge is 0.293 e. The molecular weight excluding hydrogens is 136 g/mol. The predicted octanol–water partition coefficient (Wildman–Crippen LogP) is 1.88. The van der Waals surface area contributed by atoms with E-state index in [-0.39, 0.29) is 0 Å². The monoisotopic (exact) mass is 154 g/mol. The van der Waals surface area contributed by atoms with Gasteiger partial charge in [-0.3, -0.25) is 4.90 Å². The first-order chi connectivity index (χ1) is 5.20. The lowest BCUT2D eigenvalue weighted by atomic mass is 10.1. The third-order valence-corrected chi connectivity index (χ3v) is 1.75. The highest BCUT2D eigenvalue weighted by Gasteiger charge is 2.03. The molecule has 11 heavy (non-hydrogen) atoms. The van der Waals surface area contributed by atoms with Crippen LogP contribution in [0, 0.1) is 17.2 Å². The molecule has 0 fully saturated rings. The number of hydrogen-bond acceptors (Lipinski definition) is 2. The second kappa shape index (κ2) is 6.18. The molecule has 1 atom stereocenters. The van der Waals surface area contributed by atoms with E-state index in [2.05, 4.69) is 24.8 Å². The van der Waals surface area contributed by atoms with Crippen LogP contribution in [0.1, 0.15) is 26.7 Å². The second-order valence-corrected chi connectivity index (χ2v) is 3.25. The molecule has 0 aromatic rings. The zero-order valence-electron chi connectivity index (χ0n) is 7.80. The van der Waals surface area contributed by atoms with Crippen LogP contribution in [0.25, 0.3) is 0 Å². The van der Waals surface area contributed by atoms with E-state index < -0.39 is 0 Å². The van der Waals surface area contributed by atoms with Crippen molar-refractivity contribution in [3.63, 3.8) is 0 Å². The molecule has 0 aromatic carbocycles. The second-order valence-electron chi connectivity index (χ2n) is 3.25. The Morgan fingerprint density at radius 1 is 1.55 bits per heavy atom. The van der Waals surface area contributed by atoms with Crippen LogP contribution in [0.2, 0.25) is 0 Å². The lowest BCUT2D eigenvalue weighted by Gasteiger charge is -2.17. The summed E-state index contributed by atoms with van der Waals surface area (Å²) in [7, 11) is 2.00. The number of nitriles is 1. The Balaban J connectivity index is 3.41. The van der Waals surface area contributed by atoms with Crippen LogP contribution in [0.4, 0.5) is 0 Å². The van der Waals surface area contributed by atoms with E-state index in [0.29, 0.717) is 6.54 Å². The first-order valence-corrected chi connectivity index (χ1v) is 4.26.